The third-order valence-electron chi connectivity index (χ3n) is 2.21. The Morgan fingerprint density at radius 1 is 1.47 bits per heavy atom. The molecule has 1 aromatic rings. The number of carbonyl (C=O) groups excluding carboxylic acids is 1. The van der Waals surface area contributed by atoms with Gasteiger partial charge in [0.05, 0.1) is 11.9 Å². The van der Waals surface area contributed by atoms with Crippen molar-refractivity contribution in [1.29, 1.82) is 0 Å². The zero-order chi connectivity index (χ0) is 12.8. The van der Waals surface area contributed by atoms with Crippen LogP contribution < -0.4 is 5.32 Å². The molecule has 0 aliphatic rings. The first-order chi connectivity index (χ1) is 7.99. The summed E-state index contributed by atoms with van der Waals surface area (Å²) in [6, 6.07) is 0.243. The van der Waals surface area contributed by atoms with Crippen LogP contribution in [0.25, 0.3) is 0 Å². The van der Waals surface area contributed by atoms with E-state index in [1.165, 1.54) is 0 Å². The van der Waals surface area contributed by atoms with Gasteiger partial charge in [0.2, 0.25) is 5.91 Å². The van der Waals surface area contributed by atoms with Gasteiger partial charge >= 0.3 is 5.97 Å². The van der Waals surface area contributed by atoms with E-state index < -0.39 is 5.97 Å². The van der Waals surface area contributed by atoms with Gasteiger partial charge in [-0.2, -0.15) is 5.10 Å². The molecule has 94 valence electrons. The lowest BCUT2D eigenvalue weighted by Crippen LogP contribution is -2.11. The molecule has 0 unspecified atom stereocenters. The van der Waals surface area contributed by atoms with Crippen molar-refractivity contribution in [2.24, 2.45) is 0 Å². The van der Waals surface area contributed by atoms with Gasteiger partial charge in [-0.3, -0.25) is 14.3 Å². The molecule has 6 nitrogen and oxygen atoms in total. The number of carbonyl (C=O) groups is 2. The first kappa shape index (κ1) is 13.2. The summed E-state index contributed by atoms with van der Waals surface area (Å²) in [5.41, 5.74) is 0.638. The van der Waals surface area contributed by atoms with Crippen LogP contribution in [0, 0.1) is 0 Å². The van der Waals surface area contributed by atoms with Crippen LogP contribution in [0.1, 0.15) is 39.2 Å². The molecule has 0 spiro atoms. The molecule has 0 aromatic carbocycles. The van der Waals surface area contributed by atoms with Crippen LogP contribution in [-0.4, -0.2) is 26.8 Å². The summed E-state index contributed by atoms with van der Waals surface area (Å²) in [7, 11) is 0. The highest BCUT2D eigenvalue weighted by Crippen LogP contribution is 2.10. The van der Waals surface area contributed by atoms with Crippen molar-refractivity contribution in [2.45, 2.75) is 39.2 Å². The van der Waals surface area contributed by atoms with Crippen LogP contribution in [-0.2, 0) is 9.59 Å². The maximum Gasteiger partial charge on any atom is 0.303 e. The maximum absolute atomic E-state index is 11.4. The van der Waals surface area contributed by atoms with Gasteiger partial charge in [-0.15, -0.1) is 0 Å². The van der Waals surface area contributed by atoms with Crippen LogP contribution >= 0.6 is 0 Å². The topological polar surface area (TPSA) is 84.2 Å². The van der Waals surface area contributed by atoms with E-state index in [9.17, 15) is 9.59 Å². The largest absolute Gasteiger partial charge is 0.481 e. The number of amides is 1. The Morgan fingerprint density at radius 2 is 2.18 bits per heavy atom. The fourth-order valence-electron chi connectivity index (χ4n) is 1.31. The number of carboxylic acid groups (broad SMARTS) is 1. The average Bonchev–Trinajstić information content (AvgIpc) is 2.65. The van der Waals surface area contributed by atoms with Crippen molar-refractivity contribution < 1.29 is 14.7 Å². The second-order valence-electron chi connectivity index (χ2n) is 4.10. The highest BCUT2D eigenvalue weighted by molar-refractivity contribution is 5.90. The van der Waals surface area contributed by atoms with Crippen LogP contribution in [0.3, 0.4) is 0 Å². The van der Waals surface area contributed by atoms with Gasteiger partial charge in [0.1, 0.15) is 0 Å². The van der Waals surface area contributed by atoms with Crippen molar-refractivity contribution in [2.75, 3.05) is 5.32 Å². The Bertz CT molecular complexity index is 398. The van der Waals surface area contributed by atoms with Crippen LogP contribution in [0.4, 0.5) is 5.69 Å². The van der Waals surface area contributed by atoms with Crippen molar-refractivity contribution >= 4 is 17.6 Å². The number of rotatable bonds is 6. The smallest absolute Gasteiger partial charge is 0.303 e. The SMILES string of the molecule is CC(C)n1cc(NC(=O)CCCC(=O)O)cn1. The zero-order valence-electron chi connectivity index (χ0n) is 10.0. The van der Waals surface area contributed by atoms with Gasteiger partial charge in [-0.25, -0.2) is 0 Å². The Kier molecular flexibility index (Phi) is 4.68. The standard InChI is InChI=1S/C11H17N3O3/c1-8(2)14-7-9(6-12-14)13-10(15)4-3-5-11(16)17/h6-8H,3-5H2,1-2H3,(H,13,15)(H,16,17). The lowest BCUT2D eigenvalue weighted by atomic mass is 10.2. The van der Waals surface area contributed by atoms with Gasteiger partial charge in [-0.05, 0) is 20.3 Å². The van der Waals surface area contributed by atoms with E-state index in [0.717, 1.165) is 0 Å². The van der Waals surface area contributed by atoms with Crippen molar-refractivity contribution in [3.63, 3.8) is 0 Å². The van der Waals surface area contributed by atoms with E-state index in [-0.39, 0.29) is 24.8 Å². The number of aromatic nitrogens is 2. The third-order valence-corrected chi connectivity index (χ3v) is 2.21. The summed E-state index contributed by atoms with van der Waals surface area (Å²) in [5, 5.41) is 15.2. The summed E-state index contributed by atoms with van der Waals surface area (Å²) in [4.78, 5) is 21.7. The fourth-order valence-corrected chi connectivity index (χ4v) is 1.31. The maximum atomic E-state index is 11.4. The van der Waals surface area contributed by atoms with E-state index in [1.54, 1.807) is 17.1 Å². The summed E-state index contributed by atoms with van der Waals surface area (Å²) >= 11 is 0. The molecule has 1 rings (SSSR count). The first-order valence-corrected chi connectivity index (χ1v) is 5.55. The quantitative estimate of drug-likeness (QED) is 0.790. The van der Waals surface area contributed by atoms with Gasteiger partial charge in [-0.1, -0.05) is 0 Å². The molecule has 2 N–H and O–H groups in total. The second kappa shape index (κ2) is 6.03. The number of anilines is 1. The number of nitrogens with zero attached hydrogens (tertiary/aromatic N) is 2. The Hall–Kier alpha value is -1.85. The molecule has 0 radical (unpaired) electrons. The molecule has 0 aliphatic heterocycles. The van der Waals surface area contributed by atoms with E-state index >= 15 is 0 Å². The molecule has 0 saturated heterocycles. The van der Waals surface area contributed by atoms with Gasteiger partial charge in [0.25, 0.3) is 0 Å². The molecular weight excluding hydrogens is 222 g/mol. The molecule has 6 heteroatoms. The second-order valence-corrected chi connectivity index (χ2v) is 4.10. The molecule has 1 aromatic heterocycles. The summed E-state index contributed by atoms with van der Waals surface area (Å²) in [5.74, 6) is -1.07. The molecule has 0 atom stereocenters. The lowest BCUT2D eigenvalue weighted by Gasteiger charge is -2.03. The average molecular weight is 239 g/mol. The molecule has 1 heterocycles. The summed E-state index contributed by atoms with van der Waals surface area (Å²) < 4.78 is 1.74. The highest BCUT2D eigenvalue weighted by atomic mass is 16.4. The lowest BCUT2D eigenvalue weighted by molar-refractivity contribution is -0.137. The van der Waals surface area contributed by atoms with Gasteiger partial charge in [0, 0.05) is 25.1 Å². The summed E-state index contributed by atoms with van der Waals surface area (Å²) in [6.07, 6.45) is 3.90. The fraction of sp³-hybridized carbons (Fsp3) is 0.545. The van der Waals surface area contributed by atoms with Crippen LogP contribution in [0.15, 0.2) is 12.4 Å². The number of aliphatic carboxylic acids is 1. The molecular formula is C11H17N3O3. The molecule has 0 aliphatic carbocycles. The predicted molar refractivity (Wildman–Crippen MR) is 62.7 cm³/mol. The minimum absolute atomic E-state index is 0.0126. The predicted octanol–water partition coefficient (Wildman–Crippen LogP) is 1.66. The first-order valence-electron chi connectivity index (χ1n) is 5.55. The Labute approximate surface area is 99.6 Å². The number of hydrogen-bond acceptors (Lipinski definition) is 3. The van der Waals surface area contributed by atoms with E-state index in [1.807, 2.05) is 13.8 Å². The minimum atomic E-state index is -0.884. The Balaban J connectivity index is 2.37. The molecule has 17 heavy (non-hydrogen) atoms. The van der Waals surface area contributed by atoms with Crippen molar-refractivity contribution in [3.05, 3.63) is 12.4 Å². The monoisotopic (exact) mass is 239 g/mol. The van der Waals surface area contributed by atoms with Crippen molar-refractivity contribution in [1.82, 2.24) is 9.78 Å². The van der Waals surface area contributed by atoms with Gasteiger partial charge in [0.15, 0.2) is 0 Å². The van der Waals surface area contributed by atoms with Crippen LogP contribution in [0.2, 0.25) is 0 Å². The number of carboxylic acids is 1. The minimum Gasteiger partial charge on any atom is -0.481 e. The zero-order valence-corrected chi connectivity index (χ0v) is 10.0. The molecule has 0 bridgehead atoms. The number of hydrogen-bond donors (Lipinski definition) is 2. The molecule has 0 saturated carbocycles. The normalized spacial score (nSPS) is 10.5. The van der Waals surface area contributed by atoms with Crippen LogP contribution in [0.5, 0.6) is 0 Å². The van der Waals surface area contributed by atoms with E-state index in [4.69, 9.17) is 5.11 Å². The molecule has 1 amide bonds. The number of nitrogens with one attached hydrogen (secondary N) is 1. The summed E-state index contributed by atoms with van der Waals surface area (Å²) in [6.45, 7) is 3.98. The highest BCUT2D eigenvalue weighted by Gasteiger charge is 2.06. The third kappa shape index (κ3) is 4.67. The Morgan fingerprint density at radius 3 is 2.71 bits per heavy atom. The molecule has 0 fully saturated rings. The van der Waals surface area contributed by atoms with E-state index in [0.29, 0.717) is 12.1 Å². The van der Waals surface area contributed by atoms with Gasteiger partial charge < -0.3 is 10.4 Å². The van der Waals surface area contributed by atoms with Crippen molar-refractivity contribution in [3.8, 4) is 0 Å². The van der Waals surface area contributed by atoms with E-state index in [2.05, 4.69) is 10.4 Å².